The largest absolute Gasteiger partial charge is 0.371 e. The van der Waals surface area contributed by atoms with Crippen LogP contribution in [0.1, 0.15) is 22.3 Å². The summed E-state index contributed by atoms with van der Waals surface area (Å²) >= 11 is 12.2. The molecule has 1 aromatic carbocycles. The van der Waals surface area contributed by atoms with Crippen molar-refractivity contribution < 1.29 is 0 Å². The van der Waals surface area contributed by atoms with Gasteiger partial charge >= 0.3 is 0 Å². The maximum atomic E-state index is 6.11. The molecule has 4 nitrogen and oxygen atoms in total. The zero-order chi connectivity index (χ0) is 13.9. The molecule has 0 bridgehead atoms. The second kappa shape index (κ2) is 5.69. The Bertz CT molecular complexity index is 657. The minimum atomic E-state index is -0.285. The van der Waals surface area contributed by atoms with E-state index < -0.39 is 0 Å². The lowest BCUT2D eigenvalue weighted by atomic mass is 10.2. The van der Waals surface area contributed by atoms with Crippen LogP contribution >= 0.6 is 23.2 Å². The fourth-order valence-corrected chi connectivity index (χ4v) is 2.38. The van der Waals surface area contributed by atoms with E-state index in [1.54, 1.807) is 12.4 Å². The van der Waals surface area contributed by atoms with Gasteiger partial charge in [-0.3, -0.25) is 0 Å². The van der Waals surface area contributed by atoms with Crippen LogP contribution in [-0.2, 0) is 6.54 Å². The molecule has 1 aliphatic rings. The van der Waals surface area contributed by atoms with Crippen molar-refractivity contribution in [3.05, 3.63) is 58.5 Å². The van der Waals surface area contributed by atoms with Crippen LogP contribution in [0.2, 0.25) is 5.02 Å². The Hall–Kier alpha value is -1.78. The molecule has 102 valence electrons. The normalized spacial score (nSPS) is 16.4. The van der Waals surface area contributed by atoms with Gasteiger partial charge in [0.05, 0.1) is 5.69 Å². The number of anilines is 1. The molecule has 2 N–H and O–H groups in total. The summed E-state index contributed by atoms with van der Waals surface area (Å²) in [5, 5.41) is 6.88. The average molecular weight is 307 g/mol. The number of halogens is 2. The van der Waals surface area contributed by atoms with Crippen LogP contribution in [0.25, 0.3) is 6.08 Å². The second-order valence-corrected chi connectivity index (χ2v) is 5.19. The van der Waals surface area contributed by atoms with E-state index in [1.807, 2.05) is 30.3 Å². The van der Waals surface area contributed by atoms with Crippen LogP contribution in [0.5, 0.6) is 0 Å². The van der Waals surface area contributed by atoms with E-state index in [0.717, 1.165) is 21.8 Å². The van der Waals surface area contributed by atoms with Gasteiger partial charge in [0.15, 0.2) is 0 Å². The van der Waals surface area contributed by atoms with E-state index in [0.29, 0.717) is 12.5 Å². The van der Waals surface area contributed by atoms with Crippen LogP contribution in [-0.4, -0.2) is 9.97 Å². The second-order valence-electron chi connectivity index (χ2n) is 4.34. The van der Waals surface area contributed by atoms with Crippen molar-refractivity contribution in [1.82, 2.24) is 15.3 Å². The van der Waals surface area contributed by atoms with E-state index in [4.69, 9.17) is 23.2 Å². The predicted octanol–water partition coefficient (Wildman–Crippen LogP) is 3.55. The third-order valence-corrected chi connectivity index (χ3v) is 3.73. The van der Waals surface area contributed by atoms with E-state index in [2.05, 4.69) is 20.6 Å². The van der Waals surface area contributed by atoms with Gasteiger partial charge in [-0.25, -0.2) is 9.97 Å². The summed E-state index contributed by atoms with van der Waals surface area (Å²) < 4.78 is 0. The zero-order valence-corrected chi connectivity index (χ0v) is 12.0. The molecule has 0 spiro atoms. The quantitative estimate of drug-likeness (QED) is 0.672. The number of nitrogens with zero attached hydrogens (tertiary/aromatic N) is 2. The van der Waals surface area contributed by atoms with Crippen molar-refractivity contribution in [1.29, 1.82) is 0 Å². The molecule has 2 heterocycles. The van der Waals surface area contributed by atoms with E-state index in [-0.39, 0.29) is 5.50 Å². The molecule has 3 rings (SSSR count). The summed E-state index contributed by atoms with van der Waals surface area (Å²) in [6.45, 7) is 0.574. The summed E-state index contributed by atoms with van der Waals surface area (Å²) in [6.07, 6.45) is 5.38. The SMILES string of the molecule is Clc1ccccc1CNc1ncc2c(n1)C=CNC2Cl. The molecule has 0 saturated carbocycles. The van der Waals surface area contributed by atoms with Gasteiger partial charge in [0.2, 0.25) is 5.95 Å². The molecular weight excluding hydrogens is 295 g/mol. The van der Waals surface area contributed by atoms with Gasteiger partial charge in [-0.15, -0.1) is 0 Å². The van der Waals surface area contributed by atoms with E-state index in [9.17, 15) is 0 Å². The first-order valence-corrected chi connectivity index (χ1v) is 6.96. The molecule has 0 amide bonds. The summed E-state index contributed by atoms with van der Waals surface area (Å²) in [5.41, 5.74) is 2.41. The first-order chi connectivity index (χ1) is 9.74. The number of hydrogen-bond donors (Lipinski definition) is 2. The lowest BCUT2D eigenvalue weighted by Crippen LogP contribution is -2.16. The van der Waals surface area contributed by atoms with Gasteiger partial charge < -0.3 is 10.6 Å². The van der Waals surface area contributed by atoms with Gasteiger partial charge in [-0.1, -0.05) is 41.4 Å². The molecule has 2 aromatic rings. The van der Waals surface area contributed by atoms with Crippen molar-refractivity contribution in [3.8, 4) is 0 Å². The van der Waals surface area contributed by atoms with Gasteiger partial charge in [0.25, 0.3) is 0 Å². The Morgan fingerprint density at radius 2 is 2.15 bits per heavy atom. The molecule has 1 aromatic heterocycles. The number of nitrogens with one attached hydrogen (secondary N) is 2. The lowest BCUT2D eigenvalue weighted by molar-refractivity contribution is 0.803. The Balaban J connectivity index is 1.76. The molecule has 1 aliphatic heterocycles. The number of alkyl halides is 1. The van der Waals surface area contributed by atoms with Crippen molar-refractivity contribution in [2.45, 2.75) is 12.0 Å². The third kappa shape index (κ3) is 2.71. The number of fused-ring (bicyclic) bond motifs is 1. The predicted molar refractivity (Wildman–Crippen MR) is 81.6 cm³/mol. The highest BCUT2D eigenvalue weighted by Gasteiger charge is 2.15. The van der Waals surface area contributed by atoms with E-state index in [1.165, 1.54) is 0 Å². The van der Waals surface area contributed by atoms with Gasteiger partial charge in [0, 0.05) is 23.3 Å². The molecular formula is C14H12Cl2N4. The fraction of sp³-hybridized carbons (Fsp3) is 0.143. The molecule has 1 unspecified atom stereocenters. The summed E-state index contributed by atoms with van der Waals surface area (Å²) in [5.74, 6) is 0.555. The first-order valence-electron chi connectivity index (χ1n) is 6.15. The van der Waals surface area contributed by atoms with Crippen LogP contribution in [0.4, 0.5) is 5.95 Å². The standard InChI is InChI=1S/C14H12Cl2N4/c15-11-4-2-1-3-9(11)7-18-14-19-8-10-12(20-14)5-6-17-13(10)16/h1-6,8,13,17H,7H2,(H,18,19,20). The number of aromatic nitrogens is 2. The van der Waals surface area contributed by atoms with Crippen molar-refractivity contribution in [2.24, 2.45) is 0 Å². The minimum absolute atomic E-state index is 0.285. The summed E-state index contributed by atoms with van der Waals surface area (Å²) in [4.78, 5) is 8.70. The molecule has 0 radical (unpaired) electrons. The molecule has 0 saturated heterocycles. The Labute approximate surface area is 126 Å². The topological polar surface area (TPSA) is 49.8 Å². The highest BCUT2D eigenvalue weighted by molar-refractivity contribution is 6.31. The monoisotopic (exact) mass is 306 g/mol. The summed E-state index contributed by atoms with van der Waals surface area (Å²) in [7, 11) is 0. The molecule has 6 heteroatoms. The maximum absolute atomic E-state index is 6.11. The van der Waals surface area contributed by atoms with Gasteiger partial charge in [0.1, 0.15) is 5.50 Å². The minimum Gasteiger partial charge on any atom is -0.371 e. The van der Waals surface area contributed by atoms with Crippen molar-refractivity contribution >= 4 is 35.2 Å². The Morgan fingerprint density at radius 3 is 3.00 bits per heavy atom. The molecule has 0 aliphatic carbocycles. The van der Waals surface area contributed by atoms with Gasteiger partial charge in [-0.05, 0) is 23.9 Å². The highest BCUT2D eigenvalue weighted by atomic mass is 35.5. The van der Waals surface area contributed by atoms with Gasteiger partial charge in [-0.2, -0.15) is 0 Å². The van der Waals surface area contributed by atoms with Crippen LogP contribution in [0.15, 0.2) is 36.7 Å². The number of rotatable bonds is 3. The number of benzene rings is 1. The van der Waals surface area contributed by atoms with Crippen molar-refractivity contribution in [2.75, 3.05) is 5.32 Å². The molecule has 1 atom stereocenters. The third-order valence-electron chi connectivity index (χ3n) is 3.00. The Morgan fingerprint density at radius 1 is 1.30 bits per heavy atom. The average Bonchev–Trinajstić information content (AvgIpc) is 2.46. The van der Waals surface area contributed by atoms with Crippen LogP contribution in [0.3, 0.4) is 0 Å². The Kier molecular flexibility index (Phi) is 3.76. The maximum Gasteiger partial charge on any atom is 0.223 e. The highest BCUT2D eigenvalue weighted by Crippen LogP contribution is 2.25. The van der Waals surface area contributed by atoms with Crippen LogP contribution < -0.4 is 10.6 Å². The molecule has 0 fully saturated rings. The summed E-state index contributed by atoms with van der Waals surface area (Å²) in [6, 6.07) is 7.67. The first kappa shape index (κ1) is 13.2. The number of hydrogen-bond acceptors (Lipinski definition) is 4. The van der Waals surface area contributed by atoms with Crippen LogP contribution in [0, 0.1) is 0 Å². The fourth-order valence-electron chi connectivity index (χ4n) is 1.94. The zero-order valence-electron chi connectivity index (χ0n) is 10.5. The smallest absolute Gasteiger partial charge is 0.223 e. The van der Waals surface area contributed by atoms with Crippen molar-refractivity contribution in [3.63, 3.8) is 0 Å². The lowest BCUT2D eigenvalue weighted by Gasteiger charge is -2.17. The van der Waals surface area contributed by atoms with E-state index >= 15 is 0 Å². The molecule has 20 heavy (non-hydrogen) atoms.